The van der Waals surface area contributed by atoms with Gasteiger partial charge >= 0.3 is 0 Å². The number of hydrogen-bond acceptors (Lipinski definition) is 5. The average Bonchev–Trinajstić information content (AvgIpc) is 2.74. The third-order valence-electron chi connectivity index (χ3n) is 1.98. The summed E-state index contributed by atoms with van der Waals surface area (Å²) in [5.74, 6) is 0.685. The minimum absolute atomic E-state index is 0.0759. The first kappa shape index (κ1) is 10.2. The van der Waals surface area contributed by atoms with E-state index in [0.29, 0.717) is 11.6 Å². The van der Waals surface area contributed by atoms with Gasteiger partial charge in [0.2, 0.25) is 5.91 Å². The van der Waals surface area contributed by atoms with Gasteiger partial charge in [0, 0.05) is 6.20 Å². The molecular formula is C9H10N6O. The van der Waals surface area contributed by atoms with E-state index in [1.807, 2.05) is 19.1 Å². The van der Waals surface area contributed by atoms with E-state index < -0.39 is 0 Å². The van der Waals surface area contributed by atoms with Crippen molar-refractivity contribution in [3.63, 3.8) is 0 Å². The molecule has 0 saturated carbocycles. The topological polar surface area (TPSA) is 96.5 Å². The van der Waals surface area contributed by atoms with E-state index in [2.05, 4.69) is 30.9 Å². The molecule has 0 aliphatic rings. The standard InChI is InChI=1S/C9H10N6O/c1-6-3-2-4-10-9(6)11-8(16)5-7-12-14-15-13-7/h2-4H,5H2,1H3,(H,10,11,16)(H,12,13,14,15). The summed E-state index contributed by atoms with van der Waals surface area (Å²) in [6.07, 6.45) is 1.70. The van der Waals surface area contributed by atoms with Gasteiger partial charge < -0.3 is 5.32 Å². The summed E-state index contributed by atoms with van der Waals surface area (Å²) in [7, 11) is 0. The van der Waals surface area contributed by atoms with Gasteiger partial charge in [0.05, 0.1) is 6.42 Å². The van der Waals surface area contributed by atoms with Gasteiger partial charge in [-0.25, -0.2) is 4.98 Å². The predicted octanol–water partition coefficient (Wildman–Crippen LogP) is 0.0843. The Bertz CT molecular complexity index is 481. The van der Waals surface area contributed by atoms with Crippen molar-refractivity contribution >= 4 is 11.7 Å². The first-order chi connectivity index (χ1) is 7.75. The van der Waals surface area contributed by atoms with Crippen molar-refractivity contribution in [2.45, 2.75) is 13.3 Å². The maximum atomic E-state index is 11.6. The Balaban J connectivity index is 2.00. The molecule has 0 fully saturated rings. The molecule has 0 aromatic carbocycles. The lowest BCUT2D eigenvalue weighted by atomic mass is 10.3. The van der Waals surface area contributed by atoms with E-state index >= 15 is 0 Å². The second-order valence-electron chi connectivity index (χ2n) is 3.22. The molecule has 0 unspecified atom stereocenters. The van der Waals surface area contributed by atoms with Crippen molar-refractivity contribution < 1.29 is 4.79 Å². The van der Waals surface area contributed by atoms with E-state index in [0.717, 1.165) is 5.56 Å². The fraction of sp³-hybridized carbons (Fsp3) is 0.222. The summed E-state index contributed by atoms with van der Waals surface area (Å²) in [4.78, 5) is 15.6. The molecule has 82 valence electrons. The molecule has 2 aromatic heterocycles. The Morgan fingerprint density at radius 2 is 2.44 bits per heavy atom. The fourth-order valence-electron chi connectivity index (χ4n) is 1.19. The van der Waals surface area contributed by atoms with Gasteiger partial charge in [0.15, 0.2) is 5.82 Å². The monoisotopic (exact) mass is 218 g/mol. The van der Waals surface area contributed by atoms with Crippen molar-refractivity contribution in [3.8, 4) is 0 Å². The van der Waals surface area contributed by atoms with Crippen molar-refractivity contribution in [2.75, 3.05) is 5.32 Å². The number of nitrogens with zero attached hydrogens (tertiary/aromatic N) is 4. The first-order valence-electron chi connectivity index (χ1n) is 4.69. The van der Waals surface area contributed by atoms with E-state index in [9.17, 15) is 4.79 Å². The smallest absolute Gasteiger partial charge is 0.233 e. The van der Waals surface area contributed by atoms with Gasteiger partial charge in [-0.2, -0.15) is 5.21 Å². The molecule has 1 amide bonds. The van der Waals surface area contributed by atoms with Crippen LogP contribution in [0, 0.1) is 6.92 Å². The Morgan fingerprint density at radius 3 is 3.12 bits per heavy atom. The number of pyridine rings is 1. The zero-order chi connectivity index (χ0) is 11.4. The highest BCUT2D eigenvalue weighted by molar-refractivity contribution is 5.91. The second-order valence-corrected chi connectivity index (χ2v) is 3.22. The molecule has 0 bridgehead atoms. The number of H-pyrrole nitrogens is 1. The van der Waals surface area contributed by atoms with Crippen LogP contribution in [0.3, 0.4) is 0 Å². The molecule has 2 N–H and O–H groups in total. The quantitative estimate of drug-likeness (QED) is 0.760. The third kappa shape index (κ3) is 2.38. The van der Waals surface area contributed by atoms with Gasteiger partial charge in [-0.3, -0.25) is 4.79 Å². The Labute approximate surface area is 91.3 Å². The highest BCUT2D eigenvalue weighted by Crippen LogP contribution is 2.09. The number of carbonyl (C=O) groups is 1. The van der Waals surface area contributed by atoms with Gasteiger partial charge in [0.25, 0.3) is 0 Å². The molecule has 0 spiro atoms. The van der Waals surface area contributed by atoms with Crippen molar-refractivity contribution in [2.24, 2.45) is 0 Å². The molecule has 2 aromatic rings. The molecule has 0 saturated heterocycles. The second kappa shape index (κ2) is 4.47. The number of amides is 1. The van der Waals surface area contributed by atoms with Crippen LogP contribution in [-0.4, -0.2) is 31.5 Å². The number of tetrazole rings is 1. The molecule has 16 heavy (non-hydrogen) atoms. The predicted molar refractivity (Wildman–Crippen MR) is 55.5 cm³/mol. The van der Waals surface area contributed by atoms with E-state index in [1.54, 1.807) is 6.20 Å². The SMILES string of the molecule is Cc1cccnc1NC(=O)Cc1nn[nH]n1. The Hall–Kier alpha value is -2.31. The van der Waals surface area contributed by atoms with Crippen LogP contribution in [0.2, 0.25) is 0 Å². The van der Waals surface area contributed by atoms with E-state index in [1.165, 1.54) is 0 Å². The summed E-state index contributed by atoms with van der Waals surface area (Å²) in [6.45, 7) is 1.87. The van der Waals surface area contributed by atoms with E-state index in [4.69, 9.17) is 0 Å². The summed E-state index contributed by atoms with van der Waals surface area (Å²) >= 11 is 0. The summed E-state index contributed by atoms with van der Waals surface area (Å²) in [6, 6.07) is 3.68. The average molecular weight is 218 g/mol. The first-order valence-corrected chi connectivity index (χ1v) is 4.69. The zero-order valence-electron chi connectivity index (χ0n) is 8.64. The number of rotatable bonds is 3. The summed E-state index contributed by atoms with van der Waals surface area (Å²) in [5, 5.41) is 15.7. The lowest BCUT2D eigenvalue weighted by Gasteiger charge is -2.04. The van der Waals surface area contributed by atoms with Crippen LogP contribution < -0.4 is 5.32 Å². The number of aryl methyl sites for hydroxylation is 1. The molecule has 2 rings (SSSR count). The maximum Gasteiger partial charge on any atom is 0.233 e. The van der Waals surface area contributed by atoms with Gasteiger partial charge in [-0.1, -0.05) is 11.3 Å². The molecule has 0 radical (unpaired) electrons. The van der Waals surface area contributed by atoms with Crippen LogP contribution in [0.25, 0.3) is 0 Å². The lowest BCUT2D eigenvalue weighted by Crippen LogP contribution is -2.16. The molecule has 2 heterocycles. The number of anilines is 1. The lowest BCUT2D eigenvalue weighted by molar-refractivity contribution is -0.115. The van der Waals surface area contributed by atoms with Crippen LogP contribution in [0.15, 0.2) is 18.3 Å². The number of carbonyl (C=O) groups excluding carboxylic acids is 1. The van der Waals surface area contributed by atoms with Crippen LogP contribution in [0.1, 0.15) is 11.4 Å². The largest absolute Gasteiger partial charge is 0.310 e. The Morgan fingerprint density at radius 1 is 1.56 bits per heavy atom. The van der Waals surface area contributed by atoms with Crippen LogP contribution in [-0.2, 0) is 11.2 Å². The molecule has 0 aliphatic heterocycles. The van der Waals surface area contributed by atoms with Gasteiger partial charge in [0.1, 0.15) is 5.82 Å². The maximum absolute atomic E-state index is 11.6. The normalized spacial score (nSPS) is 10.1. The minimum atomic E-state index is -0.219. The van der Waals surface area contributed by atoms with Crippen LogP contribution in [0.5, 0.6) is 0 Å². The van der Waals surface area contributed by atoms with Crippen molar-refractivity contribution in [1.82, 2.24) is 25.6 Å². The van der Waals surface area contributed by atoms with E-state index in [-0.39, 0.29) is 12.3 Å². The highest BCUT2D eigenvalue weighted by atomic mass is 16.1. The van der Waals surface area contributed by atoms with Crippen LogP contribution >= 0.6 is 0 Å². The summed E-state index contributed by atoms with van der Waals surface area (Å²) in [5.41, 5.74) is 0.906. The summed E-state index contributed by atoms with van der Waals surface area (Å²) < 4.78 is 0. The zero-order valence-corrected chi connectivity index (χ0v) is 8.64. The molecule has 0 aliphatic carbocycles. The molecule has 0 atom stereocenters. The van der Waals surface area contributed by atoms with Crippen molar-refractivity contribution in [3.05, 3.63) is 29.7 Å². The number of aromatic nitrogens is 5. The molecular weight excluding hydrogens is 208 g/mol. The number of aromatic amines is 1. The van der Waals surface area contributed by atoms with Crippen LogP contribution in [0.4, 0.5) is 5.82 Å². The highest BCUT2D eigenvalue weighted by Gasteiger charge is 2.09. The molecule has 7 nitrogen and oxygen atoms in total. The number of nitrogens with one attached hydrogen (secondary N) is 2. The van der Waals surface area contributed by atoms with Gasteiger partial charge in [-0.05, 0) is 18.6 Å². The van der Waals surface area contributed by atoms with Gasteiger partial charge in [-0.15, -0.1) is 10.2 Å². The molecule has 7 heteroatoms. The fourth-order valence-corrected chi connectivity index (χ4v) is 1.19. The third-order valence-corrected chi connectivity index (χ3v) is 1.98. The minimum Gasteiger partial charge on any atom is -0.310 e. The Kier molecular flexibility index (Phi) is 2.86. The number of hydrogen-bond donors (Lipinski definition) is 2. The van der Waals surface area contributed by atoms with Crippen molar-refractivity contribution in [1.29, 1.82) is 0 Å².